The second kappa shape index (κ2) is 13.8. The molecule has 3 aromatic carbocycles. The van der Waals surface area contributed by atoms with Crippen LogP contribution in [0.1, 0.15) is 60.0 Å². The molecule has 4 aromatic rings. The molecule has 0 spiro atoms. The molecule has 2 aliphatic heterocycles. The van der Waals surface area contributed by atoms with E-state index in [-0.39, 0.29) is 18.4 Å². The Balaban J connectivity index is 0.978. The van der Waals surface area contributed by atoms with E-state index in [0.717, 1.165) is 53.4 Å². The number of hydrogen-bond donors (Lipinski definition) is 2. The summed E-state index contributed by atoms with van der Waals surface area (Å²) in [6.07, 6.45) is 2.26. The summed E-state index contributed by atoms with van der Waals surface area (Å²) in [5.41, 5.74) is 7.74. The molecular formula is C36H40N4O6. The Labute approximate surface area is 268 Å². The van der Waals surface area contributed by atoms with Gasteiger partial charge in [-0.2, -0.15) is 0 Å². The summed E-state index contributed by atoms with van der Waals surface area (Å²) in [4.78, 5) is 34.2. The minimum absolute atomic E-state index is 0.0238. The van der Waals surface area contributed by atoms with Gasteiger partial charge in [-0.05, 0) is 97.0 Å². The maximum Gasteiger partial charge on any atom is 0.254 e. The normalized spacial score (nSPS) is 15.1. The van der Waals surface area contributed by atoms with E-state index in [4.69, 9.17) is 13.9 Å². The zero-order chi connectivity index (χ0) is 32.2. The number of aromatic nitrogens is 1. The highest BCUT2D eigenvalue weighted by Crippen LogP contribution is 2.30. The van der Waals surface area contributed by atoms with Crippen LogP contribution < -0.4 is 14.8 Å². The van der Waals surface area contributed by atoms with Gasteiger partial charge >= 0.3 is 0 Å². The van der Waals surface area contributed by atoms with Gasteiger partial charge in [0, 0.05) is 50.4 Å². The Morgan fingerprint density at radius 1 is 0.978 bits per heavy atom. The average Bonchev–Trinajstić information content (AvgIpc) is 3.50. The van der Waals surface area contributed by atoms with Gasteiger partial charge in [0.2, 0.25) is 0 Å². The second-order valence-electron chi connectivity index (χ2n) is 12.0. The van der Waals surface area contributed by atoms with E-state index >= 15 is 0 Å². The van der Waals surface area contributed by atoms with Gasteiger partial charge in [-0.1, -0.05) is 12.1 Å². The summed E-state index contributed by atoms with van der Waals surface area (Å²) in [7, 11) is 1.60. The lowest BCUT2D eigenvalue weighted by molar-refractivity contribution is 0.0734. The number of rotatable bonds is 10. The molecule has 0 radical (unpaired) electrons. The number of ether oxygens (including phenoxy) is 2. The fraction of sp³-hybridized carbons (Fsp3) is 0.361. The first-order valence-electron chi connectivity index (χ1n) is 15.7. The molecule has 46 heavy (non-hydrogen) atoms. The molecule has 6 rings (SSSR count). The molecule has 2 N–H and O–H groups in total. The number of aliphatic hydroxyl groups excluding tert-OH is 1. The standard InChI is InChI=1S/C36H40N4O6/c1-23-32-13-14-39(18-29(32)8-11-33(23)45-21-34-24(2)38-22-46-34)20-30(41)17-37-35(42)27-4-5-28-19-40(15-12-26(28)16-27)36(43)25-6-9-31(44-3)10-7-25/h4-11,16,22,30,41H,12-15,17-21H2,1-3H3,(H,37,42)/t30-/m0/s1. The Bertz CT molecular complexity index is 1720. The van der Waals surface area contributed by atoms with Gasteiger partial charge in [0.05, 0.1) is 18.9 Å². The van der Waals surface area contributed by atoms with Crippen LogP contribution in [0.5, 0.6) is 11.5 Å². The summed E-state index contributed by atoms with van der Waals surface area (Å²) < 4.78 is 16.6. The molecule has 0 bridgehead atoms. The Hall–Kier alpha value is -4.67. The molecule has 0 unspecified atom stereocenters. The summed E-state index contributed by atoms with van der Waals surface area (Å²) in [5.74, 6) is 2.03. The highest BCUT2D eigenvalue weighted by molar-refractivity contribution is 5.95. The molecule has 10 heteroatoms. The fourth-order valence-corrected chi connectivity index (χ4v) is 6.26. The van der Waals surface area contributed by atoms with Crippen molar-refractivity contribution >= 4 is 11.8 Å². The number of nitrogens with zero attached hydrogens (tertiary/aromatic N) is 3. The number of carbonyl (C=O) groups is 2. The molecule has 1 aromatic heterocycles. The van der Waals surface area contributed by atoms with Crippen molar-refractivity contribution in [3.05, 3.63) is 111 Å². The lowest BCUT2D eigenvalue weighted by atomic mass is 9.94. The van der Waals surface area contributed by atoms with Crippen LogP contribution in [-0.2, 0) is 32.5 Å². The van der Waals surface area contributed by atoms with Gasteiger partial charge in [0.25, 0.3) is 11.8 Å². The summed E-state index contributed by atoms with van der Waals surface area (Å²) >= 11 is 0. The number of methoxy groups -OCH3 is 1. The molecule has 1 atom stereocenters. The van der Waals surface area contributed by atoms with Crippen molar-refractivity contribution in [3.8, 4) is 11.5 Å². The smallest absolute Gasteiger partial charge is 0.254 e. The maximum atomic E-state index is 13.0. The number of aryl methyl sites for hydroxylation is 1. The number of benzene rings is 3. The highest BCUT2D eigenvalue weighted by Gasteiger charge is 2.24. The van der Waals surface area contributed by atoms with Gasteiger partial charge in [0.1, 0.15) is 18.1 Å². The topological polar surface area (TPSA) is 117 Å². The van der Waals surface area contributed by atoms with Crippen LogP contribution in [0.3, 0.4) is 0 Å². The van der Waals surface area contributed by atoms with E-state index in [1.54, 1.807) is 37.4 Å². The highest BCUT2D eigenvalue weighted by atomic mass is 16.5. The molecule has 0 saturated heterocycles. The molecular weight excluding hydrogens is 584 g/mol. The predicted molar refractivity (Wildman–Crippen MR) is 172 cm³/mol. The van der Waals surface area contributed by atoms with E-state index in [1.807, 2.05) is 30.0 Å². The van der Waals surface area contributed by atoms with Crippen molar-refractivity contribution in [2.24, 2.45) is 0 Å². The lowest BCUT2D eigenvalue weighted by Crippen LogP contribution is -2.42. The van der Waals surface area contributed by atoms with Crippen LogP contribution in [0.2, 0.25) is 0 Å². The minimum atomic E-state index is -0.700. The molecule has 10 nitrogen and oxygen atoms in total. The van der Waals surface area contributed by atoms with Crippen LogP contribution in [0.25, 0.3) is 0 Å². The molecule has 2 aliphatic rings. The zero-order valence-electron chi connectivity index (χ0n) is 26.5. The lowest BCUT2D eigenvalue weighted by Gasteiger charge is -2.31. The maximum absolute atomic E-state index is 13.0. The van der Waals surface area contributed by atoms with E-state index < -0.39 is 6.10 Å². The third-order valence-corrected chi connectivity index (χ3v) is 8.99. The van der Waals surface area contributed by atoms with Crippen LogP contribution in [0.4, 0.5) is 0 Å². The van der Waals surface area contributed by atoms with Crippen molar-refractivity contribution in [2.45, 2.75) is 52.5 Å². The van der Waals surface area contributed by atoms with Crippen molar-refractivity contribution in [1.29, 1.82) is 0 Å². The van der Waals surface area contributed by atoms with Gasteiger partial charge < -0.3 is 29.2 Å². The van der Waals surface area contributed by atoms with Crippen molar-refractivity contribution in [2.75, 3.05) is 33.3 Å². The van der Waals surface area contributed by atoms with Crippen molar-refractivity contribution in [3.63, 3.8) is 0 Å². The van der Waals surface area contributed by atoms with Crippen LogP contribution in [-0.4, -0.2) is 71.1 Å². The number of aliphatic hydroxyl groups is 1. The number of oxazole rings is 1. The third kappa shape index (κ3) is 6.93. The Morgan fingerprint density at radius 3 is 2.52 bits per heavy atom. The Morgan fingerprint density at radius 2 is 1.76 bits per heavy atom. The van der Waals surface area contributed by atoms with Crippen molar-refractivity contribution < 1.29 is 28.6 Å². The van der Waals surface area contributed by atoms with E-state index in [0.29, 0.717) is 49.5 Å². The second-order valence-corrected chi connectivity index (χ2v) is 12.0. The average molecular weight is 625 g/mol. The van der Waals surface area contributed by atoms with Gasteiger partial charge in [-0.25, -0.2) is 4.98 Å². The summed E-state index contributed by atoms with van der Waals surface area (Å²) in [5, 5.41) is 13.7. The largest absolute Gasteiger partial charge is 0.497 e. The van der Waals surface area contributed by atoms with Crippen LogP contribution in [0, 0.1) is 13.8 Å². The minimum Gasteiger partial charge on any atom is -0.497 e. The SMILES string of the molecule is COc1ccc(C(=O)N2CCc3cc(C(=O)NC[C@H](O)CN4CCc5c(ccc(OCc6ocnc6C)c5C)C4)ccc3C2)cc1. The molecule has 0 aliphatic carbocycles. The van der Waals surface area contributed by atoms with Gasteiger partial charge in [-0.15, -0.1) is 0 Å². The van der Waals surface area contributed by atoms with Crippen LogP contribution >= 0.6 is 0 Å². The van der Waals surface area contributed by atoms with E-state index in [2.05, 4.69) is 28.2 Å². The first-order valence-corrected chi connectivity index (χ1v) is 15.7. The van der Waals surface area contributed by atoms with E-state index in [1.165, 1.54) is 17.5 Å². The Kier molecular flexibility index (Phi) is 9.37. The summed E-state index contributed by atoms with van der Waals surface area (Å²) in [6.45, 7) is 7.56. The number of nitrogens with one attached hydrogen (secondary N) is 1. The molecule has 0 saturated carbocycles. The summed E-state index contributed by atoms with van der Waals surface area (Å²) in [6, 6.07) is 16.8. The number of fused-ring (bicyclic) bond motifs is 2. The molecule has 0 fully saturated rings. The first kappa shape index (κ1) is 31.3. The predicted octanol–water partition coefficient (Wildman–Crippen LogP) is 4.23. The van der Waals surface area contributed by atoms with Gasteiger partial charge in [0.15, 0.2) is 12.2 Å². The number of carbonyl (C=O) groups excluding carboxylic acids is 2. The number of β-amino-alcohol motifs (C(OH)–C–C–N with tert-alkyl or cyclic N) is 1. The number of amides is 2. The number of hydrogen-bond acceptors (Lipinski definition) is 8. The van der Waals surface area contributed by atoms with E-state index in [9.17, 15) is 14.7 Å². The zero-order valence-corrected chi connectivity index (χ0v) is 26.5. The monoisotopic (exact) mass is 624 g/mol. The van der Waals surface area contributed by atoms with Gasteiger partial charge in [-0.3, -0.25) is 14.5 Å². The first-order chi connectivity index (χ1) is 22.3. The third-order valence-electron chi connectivity index (χ3n) is 8.99. The van der Waals surface area contributed by atoms with Crippen molar-refractivity contribution in [1.82, 2.24) is 20.1 Å². The quantitative estimate of drug-likeness (QED) is 0.269. The fourth-order valence-electron chi connectivity index (χ4n) is 6.26. The molecule has 3 heterocycles. The van der Waals surface area contributed by atoms with Crippen LogP contribution in [0.15, 0.2) is 65.4 Å². The molecule has 2 amide bonds. The molecule has 240 valence electrons.